The van der Waals surface area contributed by atoms with Gasteiger partial charge in [-0.3, -0.25) is 0 Å². The molecule has 1 N–H and O–H groups in total. The lowest BCUT2D eigenvalue weighted by molar-refractivity contribution is 0.101. The molecule has 0 aromatic carbocycles. The van der Waals surface area contributed by atoms with Crippen molar-refractivity contribution in [3.8, 4) is 0 Å². The van der Waals surface area contributed by atoms with Crippen LogP contribution in [0.3, 0.4) is 0 Å². The van der Waals surface area contributed by atoms with Crippen LogP contribution in [0, 0.1) is 11.3 Å². The maximum Gasteiger partial charge on any atom is 0.0710 e. The van der Waals surface area contributed by atoms with Crippen molar-refractivity contribution >= 4 is 0 Å². The molecule has 0 amide bonds. The molecule has 1 fully saturated rings. The zero-order valence-electron chi connectivity index (χ0n) is 12.3. The molecule has 1 saturated heterocycles. The van der Waals surface area contributed by atoms with E-state index < -0.39 is 0 Å². The molecule has 0 saturated carbocycles. The van der Waals surface area contributed by atoms with Crippen molar-refractivity contribution in [2.24, 2.45) is 11.3 Å². The Hall–Kier alpha value is -0.120. The molecule has 3 nitrogen and oxygen atoms in total. The predicted molar refractivity (Wildman–Crippen MR) is 73.3 cm³/mol. The number of hydrogen-bond acceptors (Lipinski definition) is 3. The lowest BCUT2D eigenvalue weighted by Crippen LogP contribution is -2.40. The van der Waals surface area contributed by atoms with Gasteiger partial charge in [0.1, 0.15) is 0 Å². The second-order valence-electron chi connectivity index (χ2n) is 6.57. The average Bonchev–Trinajstić information content (AvgIpc) is 2.63. The van der Waals surface area contributed by atoms with Crippen LogP contribution in [0.15, 0.2) is 0 Å². The Kier molecular flexibility index (Phi) is 5.90. The van der Waals surface area contributed by atoms with Gasteiger partial charge in [0.2, 0.25) is 0 Å². The Morgan fingerprint density at radius 3 is 2.65 bits per heavy atom. The molecule has 1 rings (SSSR count). The van der Waals surface area contributed by atoms with Crippen LogP contribution in [0.25, 0.3) is 0 Å². The van der Waals surface area contributed by atoms with Crippen LogP contribution in [0.4, 0.5) is 0 Å². The van der Waals surface area contributed by atoms with E-state index in [2.05, 4.69) is 37.9 Å². The van der Waals surface area contributed by atoms with E-state index in [-0.39, 0.29) is 0 Å². The highest BCUT2D eigenvalue weighted by Gasteiger charge is 2.27. The van der Waals surface area contributed by atoms with Crippen LogP contribution >= 0.6 is 0 Å². The molecule has 0 bridgehead atoms. The lowest BCUT2D eigenvalue weighted by Gasteiger charge is -2.30. The van der Waals surface area contributed by atoms with E-state index in [1.807, 2.05) is 7.11 Å². The van der Waals surface area contributed by atoms with Gasteiger partial charge in [-0.05, 0) is 24.3 Å². The molecule has 1 aliphatic heterocycles. The molecule has 0 aliphatic carbocycles. The summed E-state index contributed by atoms with van der Waals surface area (Å²) in [6.45, 7) is 14.9. The molecule has 1 unspecified atom stereocenters. The molecular weight excluding hydrogens is 212 g/mol. The largest absolute Gasteiger partial charge is 0.380 e. The Labute approximate surface area is 107 Å². The van der Waals surface area contributed by atoms with Crippen LogP contribution in [0.2, 0.25) is 0 Å². The standard InChI is InChI=1S/C14H30N2O/c1-12(2)8-15-10-14(3,4)11-16-7-6-13(9-16)17-5/h12-13,15H,6-11H2,1-5H3. The Bertz CT molecular complexity index is 216. The minimum absolute atomic E-state index is 0.345. The van der Waals surface area contributed by atoms with Crippen molar-refractivity contribution < 1.29 is 4.74 Å². The number of rotatable bonds is 7. The van der Waals surface area contributed by atoms with Crippen molar-refractivity contribution in [2.75, 3.05) is 39.8 Å². The lowest BCUT2D eigenvalue weighted by atomic mass is 9.92. The van der Waals surface area contributed by atoms with Crippen LogP contribution in [0.1, 0.15) is 34.1 Å². The first-order valence-corrected chi connectivity index (χ1v) is 6.89. The van der Waals surface area contributed by atoms with Gasteiger partial charge in [-0.15, -0.1) is 0 Å². The van der Waals surface area contributed by atoms with Gasteiger partial charge < -0.3 is 15.0 Å². The summed E-state index contributed by atoms with van der Waals surface area (Å²) in [5, 5.41) is 3.57. The van der Waals surface area contributed by atoms with E-state index in [1.54, 1.807) is 0 Å². The minimum atomic E-state index is 0.345. The molecule has 17 heavy (non-hydrogen) atoms. The molecule has 0 aromatic heterocycles. The van der Waals surface area contributed by atoms with Gasteiger partial charge >= 0.3 is 0 Å². The molecule has 1 aliphatic rings. The number of hydrogen-bond donors (Lipinski definition) is 1. The fourth-order valence-electron chi connectivity index (χ4n) is 2.49. The highest BCUT2D eigenvalue weighted by Crippen LogP contribution is 2.20. The van der Waals surface area contributed by atoms with Gasteiger partial charge in [-0.25, -0.2) is 0 Å². The smallest absolute Gasteiger partial charge is 0.0710 e. The maximum absolute atomic E-state index is 5.41. The quantitative estimate of drug-likeness (QED) is 0.739. The fraction of sp³-hybridized carbons (Fsp3) is 1.00. The number of nitrogens with zero attached hydrogens (tertiary/aromatic N) is 1. The summed E-state index contributed by atoms with van der Waals surface area (Å²) >= 11 is 0. The van der Waals surface area contributed by atoms with Crippen LogP contribution in [-0.2, 0) is 4.74 Å². The van der Waals surface area contributed by atoms with Gasteiger partial charge in [-0.1, -0.05) is 27.7 Å². The second kappa shape index (κ2) is 6.72. The summed E-state index contributed by atoms with van der Waals surface area (Å²) in [5.74, 6) is 0.732. The summed E-state index contributed by atoms with van der Waals surface area (Å²) in [6, 6.07) is 0. The van der Waals surface area contributed by atoms with Crippen LogP contribution in [-0.4, -0.2) is 50.8 Å². The molecule has 3 heteroatoms. The molecule has 1 heterocycles. The summed E-state index contributed by atoms with van der Waals surface area (Å²) < 4.78 is 5.41. The first-order valence-electron chi connectivity index (χ1n) is 6.89. The molecule has 102 valence electrons. The summed E-state index contributed by atoms with van der Waals surface area (Å²) in [4.78, 5) is 2.53. The molecule has 1 atom stereocenters. The number of likely N-dealkylation sites (tertiary alicyclic amines) is 1. The van der Waals surface area contributed by atoms with Crippen molar-refractivity contribution in [1.82, 2.24) is 10.2 Å². The topological polar surface area (TPSA) is 24.5 Å². The third-order valence-electron chi connectivity index (χ3n) is 3.37. The Balaban J connectivity index is 2.24. The zero-order valence-corrected chi connectivity index (χ0v) is 12.3. The molecule has 0 spiro atoms. The third kappa shape index (κ3) is 5.84. The highest BCUT2D eigenvalue weighted by molar-refractivity contribution is 4.82. The van der Waals surface area contributed by atoms with Gasteiger partial charge in [-0.2, -0.15) is 0 Å². The van der Waals surface area contributed by atoms with E-state index >= 15 is 0 Å². The van der Waals surface area contributed by atoms with Gasteiger partial charge in [0.25, 0.3) is 0 Å². The van der Waals surface area contributed by atoms with E-state index in [4.69, 9.17) is 4.74 Å². The molecular formula is C14H30N2O. The monoisotopic (exact) mass is 242 g/mol. The first kappa shape index (κ1) is 14.9. The zero-order chi connectivity index (χ0) is 12.9. The third-order valence-corrected chi connectivity index (χ3v) is 3.37. The first-order chi connectivity index (χ1) is 7.93. The SMILES string of the molecule is COC1CCN(CC(C)(C)CNCC(C)C)C1. The van der Waals surface area contributed by atoms with Crippen molar-refractivity contribution in [1.29, 1.82) is 0 Å². The van der Waals surface area contributed by atoms with Gasteiger partial charge in [0.15, 0.2) is 0 Å². The van der Waals surface area contributed by atoms with E-state index in [0.29, 0.717) is 11.5 Å². The van der Waals surface area contributed by atoms with E-state index in [0.717, 1.165) is 32.1 Å². The van der Waals surface area contributed by atoms with Crippen molar-refractivity contribution in [3.63, 3.8) is 0 Å². The maximum atomic E-state index is 5.41. The predicted octanol–water partition coefficient (Wildman–Crippen LogP) is 1.98. The number of nitrogens with one attached hydrogen (secondary N) is 1. The summed E-state index contributed by atoms with van der Waals surface area (Å²) in [6.07, 6.45) is 1.64. The number of ether oxygens (including phenoxy) is 1. The van der Waals surface area contributed by atoms with Crippen LogP contribution in [0.5, 0.6) is 0 Å². The van der Waals surface area contributed by atoms with Crippen molar-refractivity contribution in [3.05, 3.63) is 0 Å². The van der Waals surface area contributed by atoms with E-state index in [1.165, 1.54) is 13.0 Å². The summed E-state index contributed by atoms with van der Waals surface area (Å²) in [5.41, 5.74) is 0.345. The molecule has 0 radical (unpaired) electrons. The fourth-order valence-corrected chi connectivity index (χ4v) is 2.49. The molecule has 0 aromatic rings. The van der Waals surface area contributed by atoms with Crippen molar-refractivity contribution in [2.45, 2.75) is 40.2 Å². The van der Waals surface area contributed by atoms with E-state index in [9.17, 15) is 0 Å². The Morgan fingerprint density at radius 2 is 2.12 bits per heavy atom. The van der Waals surface area contributed by atoms with Gasteiger partial charge in [0.05, 0.1) is 6.10 Å². The second-order valence-corrected chi connectivity index (χ2v) is 6.57. The normalized spacial score (nSPS) is 22.6. The summed E-state index contributed by atoms with van der Waals surface area (Å²) in [7, 11) is 1.82. The Morgan fingerprint density at radius 1 is 1.41 bits per heavy atom. The average molecular weight is 242 g/mol. The van der Waals surface area contributed by atoms with Gasteiger partial charge in [0, 0.05) is 33.3 Å². The minimum Gasteiger partial charge on any atom is -0.380 e. The van der Waals surface area contributed by atoms with Crippen LogP contribution < -0.4 is 5.32 Å². The highest BCUT2D eigenvalue weighted by atomic mass is 16.5. The number of methoxy groups -OCH3 is 1.